The van der Waals surface area contributed by atoms with Gasteiger partial charge < -0.3 is 19.3 Å². The summed E-state index contributed by atoms with van der Waals surface area (Å²) in [5.74, 6) is -0.902. The second kappa shape index (κ2) is 39.4. The number of phosphoric acid groups is 1. The van der Waals surface area contributed by atoms with Gasteiger partial charge >= 0.3 is 19.8 Å². The molecule has 0 saturated carbocycles. The molecule has 0 aromatic carbocycles. The maximum atomic E-state index is 12.4. The lowest BCUT2D eigenvalue weighted by Gasteiger charge is -2.18. The summed E-state index contributed by atoms with van der Waals surface area (Å²) in [4.78, 5) is 42.8. The Morgan fingerprint density at radius 2 is 0.906 bits per heavy atom. The number of hydrogen-bond donors (Lipinski definition) is 2. The van der Waals surface area contributed by atoms with Crippen molar-refractivity contribution < 1.29 is 37.9 Å². The maximum absolute atomic E-state index is 12.4. The van der Waals surface area contributed by atoms with Crippen LogP contribution in [0, 0.1) is 0 Å². The first kappa shape index (κ1) is 50.8. The van der Waals surface area contributed by atoms with Crippen LogP contribution in [0.25, 0.3) is 0 Å². The molecule has 0 spiro atoms. The zero-order chi connectivity index (χ0) is 38.9. The molecule has 0 aromatic rings. The summed E-state index contributed by atoms with van der Waals surface area (Å²) in [5, 5.41) is 0. The summed E-state index contributed by atoms with van der Waals surface area (Å²) in [6, 6.07) is 0. The minimum absolute atomic E-state index is 0.203. The SMILES string of the molecule is CC/C=C\C/C=C\C/C=C\C/C=C\CCCCCCCCCCCCC(=O)OC(COC(=O)CCCCCCC/C=C\CCCCC)COP(=O)(O)O. The van der Waals surface area contributed by atoms with Crippen molar-refractivity contribution in [3.8, 4) is 0 Å². The molecule has 0 aliphatic carbocycles. The van der Waals surface area contributed by atoms with Gasteiger partial charge in [0.1, 0.15) is 6.61 Å². The minimum Gasteiger partial charge on any atom is -0.462 e. The van der Waals surface area contributed by atoms with Crippen LogP contribution in [0.1, 0.15) is 187 Å². The average Bonchev–Trinajstić information content (AvgIpc) is 3.13. The number of allylic oxidation sites excluding steroid dienone is 10. The molecule has 0 aromatic heterocycles. The zero-order valence-electron chi connectivity index (χ0n) is 33.6. The van der Waals surface area contributed by atoms with E-state index in [4.69, 9.17) is 19.3 Å². The fourth-order valence-corrected chi connectivity index (χ4v) is 6.01. The molecular formula is C44H77O8P. The highest BCUT2D eigenvalue weighted by Gasteiger charge is 2.22. The van der Waals surface area contributed by atoms with Gasteiger partial charge in [0.2, 0.25) is 0 Å². The van der Waals surface area contributed by atoms with Gasteiger partial charge in [0.15, 0.2) is 6.10 Å². The molecular weight excluding hydrogens is 687 g/mol. The molecule has 0 saturated heterocycles. The number of carbonyl (C=O) groups excluding carboxylic acids is 2. The number of esters is 2. The Kier molecular flexibility index (Phi) is 37.8. The fourth-order valence-electron chi connectivity index (χ4n) is 5.65. The molecule has 0 fully saturated rings. The van der Waals surface area contributed by atoms with Crippen LogP contribution in [0.15, 0.2) is 60.8 Å². The molecule has 0 aliphatic heterocycles. The minimum atomic E-state index is -4.76. The van der Waals surface area contributed by atoms with Crippen molar-refractivity contribution in [2.24, 2.45) is 0 Å². The van der Waals surface area contributed by atoms with E-state index in [1.54, 1.807) is 0 Å². The number of hydrogen-bond acceptors (Lipinski definition) is 6. The first-order valence-electron chi connectivity index (χ1n) is 21.1. The van der Waals surface area contributed by atoms with Gasteiger partial charge in [0.05, 0.1) is 6.61 Å². The monoisotopic (exact) mass is 765 g/mol. The lowest BCUT2D eigenvalue weighted by atomic mass is 10.0. The van der Waals surface area contributed by atoms with Crippen molar-refractivity contribution in [2.75, 3.05) is 13.2 Å². The molecule has 8 nitrogen and oxygen atoms in total. The van der Waals surface area contributed by atoms with Gasteiger partial charge in [-0.3, -0.25) is 14.1 Å². The topological polar surface area (TPSA) is 119 Å². The van der Waals surface area contributed by atoms with Crippen molar-refractivity contribution in [3.63, 3.8) is 0 Å². The van der Waals surface area contributed by atoms with Crippen LogP contribution in [0.4, 0.5) is 0 Å². The molecule has 0 heterocycles. The molecule has 0 radical (unpaired) electrons. The van der Waals surface area contributed by atoms with Crippen molar-refractivity contribution in [1.82, 2.24) is 0 Å². The van der Waals surface area contributed by atoms with Crippen LogP contribution in [0.5, 0.6) is 0 Å². The van der Waals surface area contributed by atoms with Crippen molar-refractivity contribution >= 4 is 19.8 Å². The molecule has 1 atom stereocenters. The predicted molar refractivity (Wildman–Crippen MR) is 221 cm³/mol. The lowest BCUT2D eigenvalue weighted by Crippen LogP contribution is -2.29. The molecule has 2 N–H and O–H groups in total. The predicted octanol–water partition coefficient (Wildman–Crippen LogP) is 12.9. The Balaban J connectivity index is 3.89. The summed E-state index contributed by atoms with van der Waals surface area (Å²) in [6.07, 6.45) is 49.4. The number of carbonyl (C=O) groups is 2. The van der Waals surface area contributed by atoms with E-state index in [2.05, 4.69) is 79.1 Å². The second-order valence-electron chi connectivity index (χ2n) is 13.9. The van der Waals surface area contributed by atoms with E-state index in [1.165, 1.54) is 57.8 Å². The molecule has 53 heavy (non-hydrogen) atoms. The number of phosphoric ester groups is 1. The van der Waals surface area contributed by atoms with Crippen molar-refractivity contribution in [3.05, 3.63) is 60.8 Å². The summed E-state index contributed by atoms with van der Waals surface area (Å²) in [6.45, 7) is 3.53. The van der Waals surface area contributed by atoms with Gasteiger partial charge in [-0.15, -0.1) is 0 Å². The van der Waals surface area contributed by atoms with Crippen molar-refractivity contribution in [2.45, 2.75) is 193 Å². The maximum Gasteiger partial charge on any atom is 0.469 e. The van der Waals surface area contributed by atoms with E-state index in [9.17, 15) is 14.2 Å². The van der Waals surface area contributed by atoms with Crippen LogP contribution < -0.4 is 0 Å². The highest BCUT2D eigenvalue weighted by atomic mass is 31.2. The van der Waals surface area contributed by atoms with E-state index in [1.807, 2.05) is 0 Å². The number of ether oxygens (including phenoxy) is 2. The van der Waals surface area contributed by atoms with E-state index in [0.29, 0.717) is 12.8 Å². The smallest absolute Gasteiger partial charge is 0.462 e. The Hall–Kier alpha value is -2.25. The van der Waals surface area contributed by atoms with Crippen LogP contribution in [-0.4, -0.2) is 41.0 Å². The van der Waals surface area contributed by atoms with Gasteiger partial charge in [-0.25, -0.2) is 4.57 Å². The largest absolute Gasteiger partial charge is 0.469 e. The molecule has 0 bridgehead atoms. The fraction of sp³-hybridized carbons (Fsp3) is 0.727. The van der Waals surface area contributed by atoms with Crippen LogP contribution in [0.2, 0.25) is 0 Å². The van der Waals surface area contributed by atoms with E-state index in [-0.39, 0.29) is 19.4 Å². The number of rotatable bonds is 38. The van der Waals surface area contributed by atoms with Gasteiger partial charge in [0.25, 0.3) is 0 Å². The highest BCUT2D eigenvalue weighted by molar-refractivity contribution is 7.46. The van der Waals surface area contributed by atoms with Crippen LogP contribution in [0.3, 0.4) is 0 Å². The van der Waals surface area contributed by atoms with Crippen molar-refractivity contribution in [1.29, 1.82) is 0 Å². The Morgan fingerprint density at radius 3 is 1.38 bits per heavy atom. The standard InChI is InChI=1S/C44H77O8P/c1-3-5-7-9-11-13-15-17-18-19-20-21-22-23-24-25-26-27-29-31-33-35-37-39-44(46)52-42(41-51-53(47,48)49)40-50-43(45)38-36-34-32-30-28-16-14-12-10-8-6-4-2/h5,7,11-14,17-18,20-21,42H,3-4,6,8-10,15-16,19,22-41H2,1-2H3,(H2,47,48,49)/b7-5-,13-11-,14-12-,18-17-,21-20-. The first-order chi connectivity index (χ1) is 25.8. The quantitative estimate of drug-likeness (QED) is 0.0276. The molecule has 0 amide bonds. The van der Waals surface area contributed by atoms with Crippen LogP contribution >= 0.6 is 7.82 Å². The summed E-state index contributed by atoms with van der Waals surface area (Å²) >= 11 is 0. The van der Waals surface area contributed by atoms with E-state index in [0.717, 1.165) is 89.9 Å². The van der Waals surface area contributed by atoms with Gasteiger partial charge in [-0.1, -0.05) is 158 Å². The Bertz CT molecular complexity index is 1040. The van der Waals surface area contributed by atoms with Gasteiger partial charge in [0, 0.05) is 12.8 Å². The summed E-state index contributed by atoms with van der Waals surface area (Å²) < 4.78 is 26.4. The molecule has 0 aliphatic rings. The van der Waals surface area contributed by atoms with Gasteiger partial charge in [-0.2, -0.15) is 0 Å². The van der Waals surface area contributed by atoms with Crippen LogP contribution in [-0.2, 0) is 28.2 Å². The number of unbranched alkanes of at least 4 members (excludes halogenated alkanes) is 18. The lowest BCUT2D eigenvalue weighted by molar-refractivity contribution is -0.161. The second-order valence-corrected chi connectivity index (χ2v) is 15.2. The Labute approximate surface area is 324 Å². The molecule has 9 heteroatoms. The third-order valence-electron chi connectivity index (χ3n) is 8.77. The van der Waals surface area contributed by atoms with Gasteiger partial charge in [-0.05, 0) is 77.0 Å². The van der Waals surface area contributed by atoms with E-state index < -0.39 is 32.5 Å². The van der Waals surface area contributed by atoms with E-state index >= 15 is 0 Å². The summed E-state index contributed by atoms with van der Waals surface area (Å²) in [5.41, 5.74) is 0. The zero-order valence-corrected chi connectivity index (χ0v) is 34.5. The average molecular weight is 765 g/mol. The third-order valence-corrected chi connectivity index (χ3v) is 9.26. The highest BCUT2D eigenvalue weighted by Crippen LogP contribution is 2.36. The molecule has 306 valence electrons. The normalized spacial score (nSPS) is 13.1. The molecule has 0 rings (SSSR count). The first-order valence-corrected chi connectivity index (χ1v) is 22.6. The molecule has 1 unspecified atom stereocenters. The summed E-state index contributed by atoms with van der Waals surface area (Å²) in [7, 11) is -4.76. The Morgan fingerprint density at radius 1 is 0.509 bits per heavy atom. The third kappa shape index (κ3) is 42.4.